The number of hydrogen-bond acceptors (Lipinski definition) is 0. The Morgan fingerprint density at radius 3 is 2.00 bits per heavy atom. The predicted molar refractivity (Wildman–Crippen MR) is 64.1 cm³/mol. The van der Waals surface area contributed by atoms with Gasteiger partial charge in [-0.25, -0.2) is 0 Å². The standard InChI is InChI=1S/C13H19B/c1-9(2)12-6-5-11(8-14)7-13(12)10(3)4/h5-7,9-10H,8H2,1-4H3. The summed E-state index contributed by atoms with van der Waals surface area (Å²) in [4.78, 5) is 0. The van der Waals surface area contributed by atoms with Crippen molar-refractivity contribution in [1.82, 2.24) is 0 Å². The fourth-order valence-corrected chi connectivity index (χ4v) is 1.78. The molecule has 0 aliphatic heterocycles. The lowest BCUT2D eigenvalue weighted by molar-refractivity contribution is 0.788. The summed E-state index contributed by atoms with van der Waals surface area (Å²) in [7, 11) is 5.65. The Morgan fingerprint density at radius 1 is 1.00 bits per heavy atom. The Morgan fingerprint density at radius 2 is 1.57 bits per heavy atom. The Bertz CT molecular complexity index is 300. The van der Waals surface area contributed by atoms with Gasteiger partial charge in [0.1, 0.15) is 0 Å². The van der Waals surface area contributed by atoms with E-state index in [9.17, 15) is 0 Å². The smallest absolute Gasteiger partial charge is 0.0643 e. The second kappa shape index (κ2) is 4.68. The van der Waals surface area contributed by atoms with Crippen molar-refractivity contribution in [3.05, 3.63) is 34.9 Å². The zero-order valence-corrected chi connectivity index (χ0v) is 9.67. The van der Waals surface area contributed by atoms with Gasteiger partial charge in [0.2, 0.25) is 0 Å². The van der Waals surface area contributed by atoms with E-state index in [2.05, 4.69) is 45.9 Å². The molecule has 0 unspecified atom stereocenters. The largest absolute Gasteiger partial charge is 0.0716 e. The van der Waals surface area contributed by atoms with E-state index in [0.29, 0.717) is 18.2 Å². The molecule has 14 heavy (non-hydrogen) atoms. The van der Waals surface area contributed by atoms with Crippen molar-refractivity contribution < 1.29 is 0 Å². The van der Waals surface area contributed by atoms with E-state index in [0.717, 1.165) is 0 Å². The molecule has 1 aromatic rings. The summed E-state index contributed by atoms with van der Waals surface area (Å²) in [5.74, 6) is 1.18. The van der Waals surface area contributed by atoms with Gasteiger partial charge in [0, 0.05) is 0 Å². The number of rotatable bonds is 3. The predicted octanol–water partition coefficient (Wildman–Crippen LogP) is 3.60. The van der Waals surface area contributed by atoms with Gasteiger partial charge in [-0.05, 0) is 23.0 Å². The van der Waals surface area contributed by atoms with E-state index in [1.54, 1.807) is 0 Å². The molecule has 1 heteroatoms. The highest BCUT2D eigenvalue weighted by molar-refractivity contribution is 6.08. The molecule has 0 N–H and O–H groups in total. The van der Waals surface area contributed by atoms with Gasteiger partial charge in [-0.15, -0.1) is 0 Å². The monoisotopic (exact) mass is 186 g/mol. The van der Waals surface area contributed by atoms with Crippen LogP contribution in [0.15, 0.2) is 18.2 Å². The third-order valence-electron chi connectivity index (χ3n) is 2.63. The summed E-state index contributed by atoms with van der Waals surface area (Å²) in [5.41, 5.74) is 4.14. The molecule has 0 amide bonds. The number of hydrogen-bond donors (Lipinski definition) is 0. The summed E-state index contributed by atoms with van der Waals surface area (Å²) in [6, 6.07) is 6.61. The van der Waals surface area contributed by atoms with E-state index in [1.807, 2.05) is 0 Å². The minimum Gasteiger partial charge on any atom is -0.0643 e. The Kier molecular flexibility index (Phi) is 3.80. The summed E-state index contributed by atoms with van der Waals surface area (Å²) in [6.45, 7) is 8.95. The van der Waals surface area contributed by atoms with Crippen LogP contribution in [0.5, 0.6) is 0 Å². The van der Waals surface area contributed by atoms with Crippen molar-refractivity contribution in [2.75, 3.05) is 0 Å². The van der Waals surface area contributed by atoms with Gasteiger partial charge in [0.05, 0.1) is 7.85 Å². The first-order valence-corrected chi connectivity index (χ1v) is 5.39. The van der Waals surface area contributed by atoms with Crippen LogP contribution < -0.4 is 0 Å². The summed E-state index contributed by atoms with van der Waals surface area (Å²) >= 11 is 0. The molecular formula is C13H19B. The van der Waals surface area contributed by atoms with Crippen LogP contribution in [0, 0.1) is 0 Å². The summed E-state index contributed by atoms with van der Waals surface area (Å²) in [6.07, 6.45) is 0.637. The molecule has 0 bridgehead atoms. The van der Waals surface area contributed by atoms with Crippen LogP contribution in [-0.2, 0) is 6.32 Å². The van der Waals surface area contributed by atoms with E-state index in [4.69, 9.17) is 7.85 Å². The van der Waals surface area contributed by atoms with Crippen LogP contribution in [0.25, 0.3) is 0 Å². The normalized spacial score (nSPS) is 11.3. The molecule has 0 nitrogen and oxygen atoms in total. The van der Waals surface area contributed by atoms with Crippen LogP contribution in [0.1, 0.15) is 56.2 Å². The molecule has 0 saturated carbocycles. The zero-order chi connectivity index (χ0) is 10.7. The SMILES string of the molecule is [B]Cc1ccc(C(C)C)c(C(C)C)c1. The van der Waals surface area contributed by atoms with Gasteiger partial charge < -0.3 is 0 Å². The molecule has 0 aliphatic rings. The minimum atomic E-state index is 0.582. The maximum atomic E-state index is 5.65. The molecular weight excluding hydrogens is 167 g/mol. The molecule has 0 aromatic heterocycles. The third-order valence-corrected chi connectivity index (χ3v) is 2.63. The van der Waals surface area contributed by atoms with Crippen molar-refractivity contribution >= 4 is 7.85 Å². The second-order valence-electron chi connectivity index (χ2n) is 4.48. The third kappa shape index (κ3) is 2.40. The summed E-state index contributed by atoms with van der Waals surface area (Å²) in [5, 5.41) is 0. The average Bonchev–Trinajstić information content (AvgIpc) is 2.16. The van der Waals surface area contributed by atoms with Crippen molar-refractivity contribution in [3.63, 3.8) is 0 Å². The maximum absolute atomic E-state index is 5.65. The van der Waals surface area contributed by atoms with Gasteiger partial charge in [-0.3, -0.25) is 0 Å². The average molecular weight is 186 g/mol. The van der Waals surface area contributed by atoms with Crippen LogP contribution >= 0.6 is 0 Å². The number of benzene rings is 1. The molecule has 0 saturated heterocycles. The first-order chi connectivity index (χ1) is 6.56. The highest BCUT2D eigenvalue weighted by atomic mass is 14.1. The second-order valence-corrected chi connectivity index (χ2v) is 4.48. The van der Waals surface area contributed by atoms with Crippen LogP contribution in [0.3, 0.4) is 0 Å². The molecule has 74 valence electrons. The fraction of sp³-hybridized carbons (Fsp3) is 0.538. The topological polar surface area (TPSA) is 0 Å². The van der Waals surface area contributed by atoms with E-state index < -0.39 is 0 Å². The minimum absolute atomic E-state index is 0.582. The maximum Gasteiger partial charge on any atom is 0.0716 e. The van der Waals surface area contributed by atoms with E-state index in [1.165, 1.54) is 16.7 Å². The lowest BCUT2D eigenvalue weighted by Crippen LogP contribution is -2.00. The summed E-state index contributed by atoms with van der Waals surface area (Å²) < 4.78 is 0. The highest BCUT2D eigenvalue weighted by Gasteiger charge is 2.09. The molecule has 2 radical (unpaired) electrons. The molecule has 0 fully saturated rings. The molecule has 0 atom stereocenters. The van der Waals surface area contributed by atoms with Gasteiger partial charge in [0.15, 0.2) is 0 Å². The Hall–Kier alpha value is -0.715. The Balaban J connectivity index is 3.17. The van der Waals surface area contributed by atoms with Crippen LogP contribution in [0.4, 0.5) is 0 Å². The molecule has 1 rings (SSSR count). The first-order valence-electron chi connectivity index (χ1n) is 5.39. The van der Waals surface area contributed by atoms with Crippen molar-refractivity contribution in [3.8, 4) is 0 Å². The van der Waals surface area contributed by atoms with E-state index in [-0.39, 0.29) is 0 Å². The van der Waals surface area contributed by atoms with E-state index >= 15 is 0 Å². The molecule has 1 aromatic carbocycles. The van der Waals surface area contributed by atoms with Crippen molar-refractivity contribution in [2.45, 2.75) is 45.9 Å². The fourth-order valence-electron chi connectivity index (χ4n) is 1.78. The van der Waals surface area contributed by atoms with Gasteiger partial charge >= 0.3 is 0 Å². The van der Waals surface area contributed by atoms with Gasteiger partial charge in [0.25, 0.3) is 0 Å². The molecule has 0 heterocycles. The van der Waals surface area contributed by atoms with Gasteiger partial charge in [-0.1, -0.05) is 57.8 Å². The zero-order valence-electron chi connectivity index (χ0n) is 9.67. The Labute approximate surface area is 89.1 Å². The first kappa shape index (κ1) is 11.4. The van der Waals surface area contributed by atoms with Gasteiger partial charge in [-0.2, -0.15) is 0 Å². The molecule has 0 spiro atoms. The van der Waals surface area contributed by atoms with Crippen molar-refractivity contribution in [2.24, 2.45) is 0 Å². The lowest BCUT2D eigenvalue weighted by Gasteiger charge is -2.17. The lowest BCUT2D eigenvalue weighted by atomic mass is 9.86. The van der Waals surface area contributed by atoms with Crippen LogP contribution in [0.2, 0.25) is 0 Å². The van der Waals surface area contributed by atoms with Crippen LogP contribution in [-0.4, -0.2) is 7.85 Å². The highest BCUT2D eigenvalue weighted by Crippen LogP contribution is 2.26. The molecule has 0 aliphatic carbocycles. The quantitative estimate of drug-likeness (QED) is 0.632. The van der Waals surface area contributed by atoms with Crippen molar-refractivity contribution in [1.29, 1.82) is 0 Å².